The molecule has 158 valence electrons. The Kier molecular flexibility index (Phi) is 4.91. The summed E-state index contributed by atoms with van der Waals surface area (Å²) in [7, 11) is 0. The molecule has 0 radical (unpaired) electrons. The minimum atomic E-state index is -0.850. The minimum Gasteiger partial charge on any atom is -0.434 e. The van der Waals surface area contributed by atoms with Crippen molar-refractivity contribution in [3.8, 4) is 22.9 Å². The molecule has 0 unspecified atom stereocenters. The van der Waals surface area contributed by atoms with Crippen LogP contribution < -0.4 is 15.4 Å². The topological polar surface area (TPSA) is 89.0 Å². The van der Waals surface area contributed by atoms with Crippen molar-refractivity contribution < 1.29 is 18.3 Å². The fourth-order valence-corrected chi connectivity index (χ4v) is 3.35. The fraction of sp³-hybridized carbons (Fsp3) is 0.0435. The molecule has 0 saturated carbocycles. The molecule has 2 aromatic heterocycles. The van der Waals surface area contributed by atoms with Gasteiger partial charge in [-0.3, -0.25) is 4.79 Å². The van der Waals surface area contributed by atoms with Crippen molar-refractivity contribution in [3.63, 3.8) is 0 Å². The second-order valence-electron chi connectivity index (χ2n) is 7.00. The van der Waals surface area contributed by atoms with E-state index < -0.39 is 11.6 Å². The molecular formula is C23H15F2N5O2. The molecule has 2 aromatic carbocycles. The summed E-state index contributed by atoms with van der Waals surface area (Å²) in [5.41, 5.74) is 3.13. The molecule has 32 heavy (non-hydrogen) atoms. The maximum atomic E-state index is 14.0. The third-order valence-electron chi connectivity index (χ3n) is 4.79. The first kappa shape index (κ1) is 19.6. The van der Waals surface area contributed by atoms with Gasteiger partial charge in [0.15, 0.2) is 11.6 Å². The molecule has 3 heterocycles. The smallest absolute Gasteiger partial charge is 0.243 e. The molecule has 0 spiro atoms. The van der Waals surface area contributed by atoms with Gasteiger partial charge in [0.05, 0.1) is 17.8 Å². The number of anilines is 3. The van der Waals surface area contributed by atoms with Gasteiger partial charge in [-0.2, -0.15) is 0 Å². The molecule has 1 aliphatic heterocycles. The Labute approximate surface area is 181 Å². The minimum absolute atomic E-state index is 0.0637. The number of pyridine rings is 1. The molecule has 1 aliphatic rings. The number of amides is 1. The summed E-state index contributed by atoms with van der Waals surface area (Å²) >= 11 is 0. The Morgan fingerprint density at radius 3 is 2.78 bits per heavy atom. The Hall–Kier alpha value is -4.40. The van der Waals surface area contributed by atoms with Gasteiger partial charge in [0.2, 0.25) is 17.7 Å². The van der Waals surface area contributed by atoms with Gasteiger partial charge in [0.1, 0.15) is 11.5 Å². The molecule has 0 fully saturated rings. The highest BCUT2D eigenvalue weighted by Crippen LogP contribution is 2.34. The zero-order valence-corrected chi connectivity index (χ0v) is 16.5. The lowest BCUT2D eigenvalue weighted by atomic mass is 10.1. The summed E-state index contributed by atoms with van der Waals surface area (Å²) in [5.74, 6) is -1.57. The van der Waals surface area contributed by atoms with Crippen LogP contribution in [0, 0.1) is 11.6 Å². The lowest BCUT2D eigenvalue weighted by molar-refractivity contribution is -0.115. The third kappa shape index (κ3) is 3.83. The van der Waals surface area contributed by atoms with Crippen LogP contribution in [0.25, 0.3) is 11.3 Å². The van der Waals surface area contributed by atoms with Gasteiger partial charge in [-0.25, -0.2) is 23.7 Å². The van der Waals surface area contributed by atoms with Crippen LogP contribution in [0.3, 0.4) is 0 Å². The number of carbonyl (C=O) groups excluding carboxylic acids is 1. The number of nitrogens with one attached hydrogen (secondary N) is 2. The van der Waals surface area contributed by atoms with E-state index in [-0.39, 0.29) is 29.9 Å². The first-order valence-corrected chi connectivity index (χ1v) is 9.67. The standard InChI is InChI=1S/C23H15F2N5O2/c24-14-7-8-19(16(25)11-14)32-22-18(6-3-9-26-22)29-23-27-12-13-10-20(31)28-17-5-2-1-4-15(17)21(13)30-23/h1-9,11-12H,10H2,(H,28,31)(H,27,29,30). The Morgan fingerprint density at radius 1 is 1.03 bits per heavy atom. The maximum absolute atomic E-state index is 14.0. The number of rotatable bonds is 4. The molecule has 7 nitrogen and oxygen atoms in total. The van der Waals surface area contributed by atoms with Crippen molar-refractivity contribution in [2.24, 2.45) is 0 Å². The van der Waals surface area contributed by atoms with Crippen LogP contribution in [0.1, 0.15) is 5.56 Å². The summed E-state index contributed by atoms with van der Waals surface area (Å²) in [4.78, 5) is 25.2. The second kappa shape index (κ2) is 8.03. The summed E-state index contributed by atoms with van der Waals surface area (Å²) < 4.78 is 32.8. The van der Waals surface area contributed by atoms with Crippen molar-refractivity contribution in [2.75, 3.05) is 10.6 Å². The van der Waals surface area contributed by atoms with Crippen molar-refractivity contribution in [1.82, 2.24) is 15.0 Å². The Balaban J connectivity index is 1.49. The van der Waals surface area contributed by atoms with Gasteiger partial charge in [-0.1, -0.05) is 18.2 Å². The van der Waals surface area contributed by atoms with E-state index in [0.29, 0.717) is 22.6 Å². The number of nitrogens with zero attached hydrogens (tertiary/aromatic N) is 3. The molecule has 5 rings (SSSR count). The highest BCUT2D eigenvalue weighted by Gasteiger charge is 2.21. The van der Waals surface area contributed by atoms with Crippen molar-refractivity contribution in [1.29, 1.82) is 0 Å². The van der Waals surface area contributed by atoms with E-state index in [1.807, 2.05) is 24.3 Å². The molecule has 0 aliphatic carbocycles. The first-order valence-electron chi connectivity index (χ1n) is 9.67. The first-order chi connectivity index (χ1) is 15.6. The molecule has 9 heteroatoms. The molecule has 4 aromatic rings. The highest BCUT2D eigenvalue weighted by molar-refractivity contribution is 5.99. The number of halogens is 2. The number of hydrogen-bond acceptors (Lipinski definition) is 6. The van der Waals surface area contributed by atoms with E-state index in [4.69, 9.17) is 4.74 Å². The summed E-state index contributed by atoms with van der Waals surface area (Å²) in [5, 5.41) is 5.89. The second-order valence-corrected chi connectivity index (χ2v) is 7.00. The zero-order valence-electron chi connectivity index (χ0n) is 16.5. The third-order valence-corrected chi connectivity index (χ3v) is 4.79. The van der Waals surface area contributed by atoms with E-state index in [0.717, 1.165) is 17.7 Å². The predicted octanol–water partition coefficient (Wildman–Crippen LogP) is 4.85. The molecule has 0 saturated heterocycles. The number of aromatic nitrogens is 3. The van der Waals surface area contributed by atoms with Crippen LogP contribution in [0.15, 0.2) is 67.0 Å². The fourth-order valence-electron chi connectivity index (χ4n) is 3.35. The van der Waals surface area contributed by atoms with E-state index in [1.165, 1.54) is 12.3 Å². The lowest BCUT2D eigenvalue weighted by Crippen LogP contribution is -2.12. The van der Waals surface area contributed by atoms with Gasteiger partial charge in [0.25, 0.3) is 0 Å². The quantitative estimate of drug-likeness (QED) is 0.480. The van der Waals surface area contributed by atoms with Crippen molar-refractivity contribution >= 4 is 23.2 Å². The number of carbonyl (C=O) groups is 1. The van der Waals surface area contributed by atoms with Gasteiger partial charge < -0.3 is 15.4 Å². The summed E-state index contributed by atoms with van der Waals surface area (Å²) in [6.45, 7) is 0. The maximum Gasteiger partial charge on any atom is 0.243 e. The largest absolute Gasteiger partial charge is 0.434 e. The van der Waals surface area contributed by atoms with Crippen molar-refractivity contribution in [3.05, 3.63) is 84.2 Å². The van der Waals surface area contributed by atoms with E-state index in [1.54, 1.807) is 18.3 Å². The normalized spacial score (nSPS) is 12.2. The van der Waals surface area contributed by atoms with Crippen LogP contribution in [0.2, 0.25) is 0 Å². The van der Waals surface area contributed by atoms with Gasteiger partial charge in [-0.05, 0) is 30.3 Å². The lowest BCUT2D eigenvalue weighted by Gasteiger charge is -2.13. The average molecular weight is 431 g/mol. The number of benzene rings is 2. The average Bonchev–Trinajstić information content (AvgIpc) is 2.92. The van der Waals surface area contributed by atoms with E-state index in [9.17, 15) is 13.6 Å². The molecule has 0 bridgehead atoms. The van der Waals surface area contributed by atoms with Gasteiger partial charge in [0, 0.05) is 29.6 Å². The number of para-hydroxylation sites is 1. The summed E-state index contributed by atoms with van der Waals surface area (Å²) in [6.07, 6.45) is 3.21. The van der Waals surface area contributed by atoms with E-state index in [2.05, 4.69) is 25.6 Å². The van der Waals surface area contributed by atoms with E-state index >= 15 is 0 Å². The molecule has 1 amide bonds. The van der Waals surface area contributed by atoms with Crippen LogP contribution in [0.4, 0.5) is 26.1 Å². The molecule has 0 atom stereocenters. The Morgan fingerprint density at radius 2 is 1.91 bits per heavy atom. The SMILES string of the molecule is O=C1Cc2cnc(Nc3cccnc3Oc3ccc(F)cc3F)nc2-c2ccccc2N1. The zero-order chi connectivity index (χ0) is 22.1. The monoisotopic (exact) mass is 431 g/mol. The predicted molar refractivity (Wildman–Crippen MR) is 114 cm³/mol. The van der Waals surface area contributed by atoms with Crippen LogP contribution >= 0.6 is 0 Å². The van der Waals surface area contributed by atoms with Crippen LogP contribution in [-0.4, -0.2) is 20.9 Å². The van der Waals surface area contributed by atoms with Gasteiger partial charge in [-0.15, -0.1) is 0 Å². The van der Waals surface area contributed by atoms with Crippen LogP contribution in [-0.2, 0) is 11.2 Å². The number of hydrogen-bond donors (Lipinski definition) is 2. The number of ether oxygens (including phenoxy) is 1. The number of fused-ring (bicyclic) bond motifs is 3. The van der Waals surface area contributed by atoms with Crippen molar-refractivity contribution in [2.45, 2.75) is 6.42 Å². The summed E-state index contributed by atoms with van der Waals surface area (Å²) in [6, 6.07) is 13.7. The Bertz CT molecular complexity index is 1350. The molecule has 2 N–H and O–H groups in total. The molecular weight excluding hydrogens is 416 g/mol. The highest BCUT2D eigenvalue weighted by atomic mass is 19.1. The van der Waals surface area contributed by atoms with Gasteiger partial charge >= 0.3 is 0 Å². The van der Waals surface area contributed by atoms with Crippen LogP contribution in [0.5, 0.6) is 11.6 Å².